The Morgan fingerprint density at radius 2 is 1.04 bits per heavy atom. The lowest BCUT2D eigenvalue weighted by Gasteiger charge is -2.21. The smallest absolute Gasteiger partial charge is 0.131 e. The highest BCUT2D eigenvalue weighted by molar-refractivity contribution is 5.74. The molecule has 0 saturated heterocycles. The van der Waals surface area contributed by atoms with E-state index in [0.717, 1.165) is 22.6 Å². The van der Waals surface area contributed by atoms with Crippen LogP contribution in [-0.2, 0) is 4.74 Å². The molecule has 0 N–H and O–H groups in total. The van der Waals surface area contributed by atoms with Crippen LogP contribution in [0.4, 0.5) is 0 Å². The fourth-order valence-electron chi connectivity index (χ4n) is 3.00. The van der Waals surface area contributed by atoms with Gasteiger partial charge in [0.05, 0.1) is 0 Å². The van der Waals surface area contributed by atoms with E-state index in [-0.39, 0.29) is 5.92 Å². The van der Waals surface area contributed by atoms with E-state index < -0.39 is 0 Å². The first kappa shape index (κ1) is 16.2. The Labute approximate surface area is 154 Å². The molecule has 0 spiro atoms. The maximum Gasteiger partial charge on any atom is 0.131 e. The first-order valence-electron chi connectivity index (χ1n) is 8.84. The molecule has 4 rings (SSSR count). The summed E-state index contributed by atoms with van der Waals surface area (Å²) in [5.74, 6) is 1.97. The number of hydrogen-bond acceptors (Lipinski definition) is 1. The Morgan fingerprint density at radius 3 is 1.54 bits per heavy atom. The second-order valence-corrected chi connectivity index (χ2v) is 6.24. The van der Waals surface area contributed by atoms with Gasteiger partial charge in [0.1, 0.15) is 11.5 Å². The van der Waals surface area contributed by atoms with Gasteiger partial charge < -0.3 is 4.74 Å². The molecule has 0 aromatic heterocycles. The van der Waals surface area contributed by atoms with Gasteiger partial charge >= 0.3 is 0 Å². The molecule has 0 unspecified atom stereocenters. The van der Waals surface area contributed by atoms with Gasteiger partial charge in [0.15, 0.2) is 0 Å². The summed E-state index contributed by atoms with van der Waals surface area (Å²) in [7, 11) is 0. The maximum atomic E-state index is 6.23. The van der Waals surface area contributed by atoms with Crippen LogP contribution in [0.1, 0.15) is 16.7 Å². The Kier molecular flexibility index (Phi) is 4.79. The van der Waals surface area contributed by atoms with E-state index in [0.29, 0.717) is 0 Å². The molecular formula is C25H20O. The van der Waals surface area contributed by atoms with Crippen molar-refractivity contribution in [1.29, 1.82) is 0 Å². The van der Waals surface area contributed by atoms with Crippen molar-refractivity contribution in [1.82, 2.24) is 0 Å². The number of rotatable bonds is 4. The van der Waals surface area contributed by atoms with Crippen molar-refractivity contribution in [3.05, 3.63) is 126 Å². The first-order valence-corrected chi connectivity index (χ1v) is 8.84. The van der Waals surface area contributed by atoms with Crippen molar-refractivity contribution >= 4 is 17.6 Å². The zero-order valence-corrected chi connectivity index (χ0v) is 14.5. The fourth-order valence-corrected chi connectivity index (χ4v) is 3.00. The Balaban J connectivity index is 1.68. The van der Waals surface area contributed by atoms with Gasteiger partial charge in [0.25, 0.3) is 0 Å². The van der Waals surface area contributed by atoms with E-state index in [9.17, 15) is 0 Å². The van der Waals surface area contributed by atoms with Gasteiger partial charge in [0, 0.05) is 17.0 Å². The van der Waals surface area contributed by atoms with E-state index in [4.69, 9.17) is 4.74 Å². The summed E-state index contributed by atoms with van der Waals surface area (Å²) in [4.78, 5) is 0. The molecule has 1 aliphatic rings. The minimum Gasteiger partial charge on any atom is -0.457 e. The Bertz CT molecular complexity index is 880. The van der Waals surface area contributed by atoms with Crippen molar-refractivity contribution in [3.63, 3.8) is 0 Å². The quantitative estimate of drug-likeness (QED) is 0.533. The molecular weight excluding hydrogens is 316 g/mol. The van der Waals surface area contributed by atoms with E-state index in [2.05, 4.69) is 72.8 Å². The van der Waals surface area contributed by atoms with Crippen LogP contribution in [0, 0.1) is 5.92 Å². The van der Waals surface area contributed by atoms with Gasteiger partial charge in [-0.15, -0.1) is 0 Å². The Morgan fingerprint density at radius 1 is 0.577 bits per heavy atom. The topological polar surface area (TPSA) is 9.23 Å². The van der Waals surface area contributed by atoms with Crippen LogP contribution in [-0.4, -0.2) is 0 Å². The Hall–Kier alpha value is -3.32. The van der Waals surface area contributed by atoms with Gasteiger partial charge in [-0.25, -0.2) is 0 Å². The number of allylic oxidation sites excluding steroid dienone is 3. The molecule has 1 nitrogen and oxygen atoms in total. The van der Waals surface area contributed by atoms with Crippen LogP contribution in [0.3, 0.4) is 0 Å². The largest absolute Gasteiger partial charge is 0.457 e. The third-order valence-corrected chi connectivity index (χ3v) is 4.33. The molecule has 0 amide bonds. The fraction of sp³-hybridized carbons (Fsp3) is 0.0400. The number of hydrogen-bond donors (Lipinski definition) is 0. The summed E-state index contributed by atoms with van der Waals surface area (Å²) in [6.45, 7) is 0. The number of ether oxygens (including phenoxy) is 1. The van der Waals surface area contributed by atoms with E-state index in [1.165, 1.54) is 5.56 Å². The average molecular weight is 336 g/mol. The lowest BCUT2D eigenvalue weighted by atomic mass is 9.99. The van der Waals surface area contributed by atoms with Gasteiger partial charge in [0.2, 0.25) is 0 Å². The van der Waals surface area contributed by atoms with E-state index >= 15 is 0 Å². The highest BCUT2D eigenvalue weighted by atomic mass is 16.5. The number of benzene rings is 3. The second kappa shape index (κ2) is 7.71. The van der Waals surface area contributed by atoms with Crippen molar-refractivity contribution in [2.24, 2.45) is 5.92 Å². The molecule has 0 fully saturated rings. The van der Waals surface area contributed by atoms with Crippen LogP contribution >= 0.6 is 0 Å². The third kappa shape index (κ3) is 3.84. The van der Waals surface area contributed by atoms with Crippen LogP contribution < -0.4 is 0 Å². The molecule has 1 aliphatic heterocycles. The molecule has 0 aliphatic carbocycles. The summed E-state index contributed by atoms with van der Waals surface area (Å²) in [5.41, 5.74) is 3.38. The van der Waals surface area contributed by atoms with Crippen molar-refractivity contribution in [3.8, 4) is 0 Å². The van der Waals surface area contributed by atoms with Crippen LogP contribution in [0.5, 0.6) is 0 Å². The normalized spacial score (nSPS) is 14.6. The lowest BCUT2D eigenvalue weighted by molar-refractivity contribution is 0.457. The highest BCUT2D eigenvalue weighted by Gasteiger charge is 2.16. The van der Waals surface area contributed by atoms with E-state index in [1.54, 1.807) is 0 Å². The van der Waals surface area contributed by atoms with Crippen LogP contribution in [0.15, 0.2) is 109 Å². The molecule has 126 valence electrons. The zero-order chi connectivity index (χ0) is 17.6. The predicted molar refractivity (Wildman–Crippen MR) is 109 cm³/mol. The first-order chi connectivity index (χ1) is 12.9. The molecule has 0 atom stereocenters. The van der Waals surface area contributed by atoms with Crippen LogP contribution in [0.2, 0.25) is 0 Å². The monoisotopic (exact) mass is 336 g/mol. The summed E-state index contributed by atoms with van der Waals surface area (Å²) in [6.07, 6.45) is 8.71. The summed E-state index contributed by atoms with van der Waals surface area (Å²) >= 11 is 0. The standard InChI is InChI=1S/C25H20O/c1-4-10-20(11-5-1)16-17-21-18-24(22-12-6-2-7-13-22)26-25(19-21)23-14-8-3-9-15-23/h1-19,21H/b17-16+. The third-order valence-electron chi connectivity index (χ3n) is 4.33. The summed E-state index contributed by atoms with van der Waals surface area (Å²) < 4.78 is 6.23. The average Bonchev–Trinajstić information content (AvgIpc) is 2.74. The SMILES string of the molecule is C1=C(c2ccccc2)OC(c2ccccc2)=CC1/C=C/c1ccccc1. The summed E-state index contributed by atoms with van der Waals surface area (Å²) in [5, 5.41) is 0. The summed E-state index contributed by atoms with van der Waals surface area (Å²) in [6, 6.07) is 30.9. The molecule has 0 bridgehead atoms. The molecule has 0 saturated carbocycles. The predicted octanol–water partition coefficient (Wildman–Crippen LogP) is 6.43. The molecule has 1 heterocycles. The molecule has 3 aromatic carbocycles. The van der Waals surface area contributed by atoms with Gasteiger partial charge in [-0.2, -0.15) is 0 Å². The van der Waals surface area contributed by atoms with Gasteiger partial charge in [-0.05, 0) is 17.7 Å². The molecule has 1 heteroatoms. The second-order valence-electron chi connectivity index (χ2n) is 6.24. The molecule has 0 radical (unpaired) electrons. The van der Waals surface area contributed by atoms with Gasteiger partial charge in [-0.3, -0.25) is 0 Å². The van der Waals surface area contributed by atoms with Gasteiger partial charge in [-0.1, -0.05) is 103 Å². The molecule has 26 heavy (non-hydrogen) atoms. The molecule has 3 aromatic rings. The minimum absolute atomic E-state index is 0.175. The van der Waals surface area contributed by atoms with E-state index in [1.807, 2.05) is 42.5 Å². The van der Waals surface area contributed by atoms with Crippen molar-refractivity contribution < 1.29 is 4.74 Å². The minimum atomic E-state index is 0.175. The van der Waals surface area contributed by atoms with Crippen LogP contribution in [0.25, 0.3) is 17.6 Å². The van der Waals surface area contributed by atoms with Crippen molar-refractivity contribution in [2.45, 2.75) is 0 Å². The lowest BCUT2D eigenvalue weighted by Crippen LogP contribution is -2.03. The maximum absolute atomic E-state index is 6.23. The zero-order valence-electron chi connectivity index (χ0n) is 14.5. The highest BCUT2D eigenvalue weighted by Crippen LogP contribution is 2.32. The van der Waals surface area contributed by atoms with Crippen molar-refractivity contribution in [2.75, 3.05) is 0 Å².